The molecule has 7 heteroatoms. The van der Waals surface area contributed by atoms with E-state index in [1.165, 1.54) is 0 Å². The molecule has 2 saturated heterocycles. The molecule has 2 aliphatic rings. The summed E-state index contributed by atoms with van der Waals surface area (Å²) in [5.41, 5.74) is 0.826. The topological polar surface area (TPSA) is 65.0 Å². The first-order valence-corrected chi connectivity index (χ1v) is 9.59. The van der Waals surface area contributed by atoms with Crippen molar-refractivity contribution in [2.45, 2.75) is 23.5 Å². The van der Waals surface area contributed by atoms with Gasteiger partial charge < -0.3 is 20.1 Å². The third kappa shape index (κ3) is 4.22. The number of carbonyl (C=O) groups is 1. The van der Waals surface area contributed by atoms with E-state index in [1.54, 1.807) is 11.8 Å². The summed E-state index contributed by atoms with van der Waals surface area (Å²) >= 11 is 1.66. The van der Waals surface area contributed by atoms with Crippen LogP contribution < -0.4 is 5.32 Å². The van der Waals surface area contributed by atoms with Crippen molar-refractivity contribution in [3.05, 3.63) is 24.3 Å². The van der Waals surface area contributed by atoms with Gasteiger partial charge >= 0.3 is 6.03 Å². The molecule has 2 unspecified atom stereocenters. The molecule has 0 aromatic heterocycles. The van der Waals surface area contributed by atoms with Crippen molar-refractivity contribution < 1.29 is 14.6 Å². The van der Waals surface area contributed by atoms with Crippen molar-refractivity contribution in [3.63, 3.8) is 0 Å². The van der Waals surface area contributed by atoms with Crippen molar-refractivity contribution in [1.29, 1.82) is 0 Å². The molecular weight excluding hydrogens is 326 g/mol. The van der Waals surface area contributed by atoms with E-state index >= 15 is 0 Å². The Labute approximate surface area is 147 Å². The van der Waals surface area contributed by atoms with Crippen molar-refractivity contribution in [1.82, 2.24) is 9.80 Å². The number of hydrogen-bond donors (Lipinski definition) is 2. The van der Waals surface area contributed by atoms with E-state index in [0.29, 0.717) is 19.8 Å². The average Bonchev–Trinajstić information content (AvgIpc) is 2.87. The minimum atomic E-state index is -0.417. The molecule has 2 heterocycles. The Balaban J connectivity index is 1.56. The summed E-state index contributed by atoms with van der Waals surface area (Å²) in [6.45, 7) is 4.04. The minimum Gasteiger partial charge on any atom is -0.389 e. The highest BCUT2D eigenvalue weighted by atomic mass is 32.2. The zero-order valence-electron chi connectivity index (χ0n) is 14.0. The number of urea groups is 1. The van der Waals surface area contributed by atoms with Crippen LogP contribution in [0.1, 0.15) is 6.42 Å². The number of hydrogen-bond acceptors (Lipinski definition) is 5. The van der Waals surface area contributed by atoms with Gasteiger partial charge in [-0.15, -0.1) is 11.8 Å². The lowest BCUT2D eigenvalue weighted by Crippen LogP contribution is -2.45. The summed E-state index contributed by atoms with van der Waals surface area (Å²) < 4.78 is 5.35. The Bertz CT molecular complexity index is 572. The number of carbonyl (C=O) groups excluding carboxylic acids is 1. The van der Waals surface area contributed by atoms with Crippen LogP contribution in [0, 0.1) is 0 Å². The number of anilines is 1. The molecule has 1 aromatic rings. The fourth-order valence-electron chi connectivity index (χ4n) is 3.26. The Hall–Kier alpha value is -1.28. The molecule has 1 aromatic carbocycles. The van der Waals surface area contributed by atoms with Crippen molar-refractivity contribution in [2.75, 3.05) is 51.0 Å². The predicted octanol–water partition coefficient (Wildman–Crippen LogP) is 1.71. The molecule has 2 aliphatic heterocycles. The van der Waals surface area contributed by atoms with Gasteiger partial charge in [0, 0.05) is 36.8 Å². The first kappa shape index (κ1) is 17.5. The molecule has 24 heavy (non-hydrogen) atoms. The molecular formula is C17H25N3O3S. The number of aliphatic hydroxyl groups is 1. The molecule has 6 nitrogen and oxygen atoms in total. The van der Waals surface area contributed by atoms with Gasteiger partial charge in [0.15, 0.2) is 0 Å². The molecule has 2 atom stereocenters. The van der Waals surface area contributed by atoms with Crippen LogP contribution in [-0.2, 0) is 4.74 Å². The van der Waals surface area contributed by atoms with Gasteiger partial charge in [0.1, 0.15) is 0 Å². The predicted molar refractivity (Wildman–Crippen MR) is 95.6 cm³/mol. The minimum absolute atomic E-state index is 0.0571. The molecule has 2 amide bonds. The van der Waals surface area contributed by atoms with E-state index < -0.39 is 6.10 Å². The Morgan fingerprint density at radius 3 is 2.92 bits per heavy atom. The van der Waals surface area contributed by atoms with Gasteiger partial charge in [0.05, 0.1) is 25.4 Å². The van der Waals surface area contributed by atoms with Crippen LogP contribution in [0.25, 0.3) is 0 Å². The quantitative estimate of drug-likeness (QED) is 0.812. The summed E-state index contributed by atoms with van der Waals surface area (Å²) in [6, 6.07) is 7.88. The molecule has 0 bridgehead atoms. The fourth-order valence-corrected chi connectivity index (χ4v) is 3.72. The lowest BCUT2D eigenvalue weighted by atomic mass is 10.2. The van der Waals surface area contributed by atoms with E-state index in [1.807, 2.05) is 35.4 Å². The van der Waals surface area contributed by atoms with Crippen molar-refractivity contribution in [2.24, 2.45) is 0 Å². The average molecular weight is 351 g/mol. The van der Waals surface area contributed by atoms with Crippen LogP contribution in [0.4, 0.5) is 10.5 Å². The summed E-state index contributed by atoms with van der Waals surface area (Å²) in [7, 11) is 0. The zero-order chi connectivity index (χ0) is 16.9. The second-order valence-corrected chi connectivity index (χ2v) is 7.09. The summed E-state index contributed by atoms with van der Waals surface area (Å²) in [4.78, 5) is 17.8. The Morgan fingerprint density at radius 1 is 1.29 bits per heavy atom. The van der Waals surface area contributed by atoms with E-state index in [2.05, 4.69) is 10.2 Å². The first-order valence-electron chi connectivity index (χ1n) is 8.37. The summed E-state index contributed by atoms with van der Waals surface area (Å²) in [6.07, 6.45) is 2.51. The number of nitrogens with zero attached hydrogens (tertiary/aromatic N) is 2. The van der Waals surface area contributed by atoms with Gasteiger partial charge in [-0.3, -0.25) is 4.90 Å². The van der Waals surface area contributed by atoms with Gasteiger partial charge in [-0.1, -0.05) is 6.07 Å². The summed E-state index contributed by atoms with van der Waals surface area (Å²) in [5.74, 6) is 0. The molecule has 0 saturated carbocycles. The van der Waals surface area contributed by atoms with E-state index in [9.17, 15) is 9.90 Å². The molecule has 2 N–H and O–H groups in total. The fraction of sp³-hybridized carbons (Fsp3) is 0.588. The van der Waals surface area contributed by atoms with Crippen LogP contribution in [0.3, 0.4) is 0 Å². The summed E-state index contributed by atoms with van der Waals surface area (Å²) in [5, 5.41) is 13.0. The molecule has 3 rings (SSSR count). The van der Waals surface area contributed by atoms with Crippen molar-refractivity contribution >= 4 is 23.5 Å². The van der Waals surface area contributed by atoms with Crippen LogP contribution in [0.2, 0.25) is 0 Å². The number of rotatable bonds is 3. The standard InChI is InChI=1S/C17H25N3O3S/c1-24-14-5-2-4-13(10-14)18-17(22)20-7-3-6-19(8-9-20)15-11-23-12-16(15)21/h2,4-5,10,15-16,21H,3,6-9,11-12H2,1H3,(H,18,22). The number of benzene rings is 1. The molecule has 0 aliphatic carbocycles. The smallest absolute Gasteiger partial charge is 0.321 e. The second-order valence-electron chi connectivity index (χ2n) is 6.21. The third-order valence-electron chi connectivity index (χ3n) is 4.63. The van der Waals surface area contributed by atoms with Crippen LogP contribution in [0.5, 0.6) is 0 Å². The monoisotopic (exact) mass is 351 g/mol. The van der Waals surface area contributed by atoms with Gasteiger partial charge in [-0.2, -0.15) is 0 Å². The van der Waals surface area contributed by atoms with Crippen LogP contribution >= 0.6 is 11.8 Å². The van der Waals surface area contributed by atoms with Crippen LogP contribution in [-0.4, -0.2) is 78.7 Å². The highest BCUT2D eigenvalue weighted by molar-refractivity contribution is 7.98. The lowest BCUT2D eigenvalue weighted by molar-refractivity contribution is 0.0845. The van der Waals surface area contributed by atoms with E-state index in [0.717, 1.165) is 36.6 Å². The van der Waals surface area contributed by atoms with E-state index in [-0.39, 0.29) is 12.1 Å². The van der Waals surface area contributed by atoms with Crippen molar-refractivity contribution in [3.8, 4) is 0 Å². The van der Waals surface area contributed by atoms with Gasteiger partial charge in [0.2, 0.25) is 0 Å². The van der Waals surface area contributed by atoms with Gasteiger partial charge in [-0.05, 0) is 30.9 Å². The first-order chi connectivity index (χ1) is 11.7. The normalized spacial score (nSPS) is 25.5. The maximum Gasteiger partial charge on any atom is 0.321 e. The highest BCUT2D eigenvalue weighted by Gasteiger charge is 2.33. The lowest BCUT2D eigenvalue weighted by Gasteiger charge is -2.28. The maximum absolute atomic E-state index is 12.5. The number of thioether (sulfide) groups is 1. The Morgan fingerprint density at radius 2 is 2.17 bits per heavy atom. The number of aliphatic hydroxyl groups excluding tert-OH is 1. The van der Waals surface area contributed by atoms with Gasteiger partial charge in [0.25, 0.3) is 0 Å². The molecule has 0 spiro atoms. The largest absolute Gasteiger partial charge is 0.389 e. The number of ether oxygens (including phenoxy) is 1. The zero-order valence-corrected chi connectivity index (χ0v) is 14.8. The van der Waals surface area contributed by atoms with Gasteiger partial charge in [-0.25, -0.2) is 4.79 Å². The molecule has 2 fully saturated rings. The molecule has 132 valence electrons. The number of nitrogens with one attached hydrogen (secondary N) is 1. The SMILES string of the molecule is CSc1cccc(NC(=O)N2CCCN(C3COCC3O)CC2)c1. The Kier molecular flexibility index (Phi) is 5.99. The van der Waals surface area contributed by atoms with E-state index in [4.69, 9.17) is 4.74 Å². The van der Waals surface area contributed by atoms with Crippen LogP contribution in [0.15, 0.2) is 29.2 Å². The molecule has 0 radical (unpaired) electrons. The maximum atomic E-state index is 12.5. The highest BCUT2D eigenvalue weighted by Crippen LogP contribution is 2.20. The second kappa shape index (κ2) is 8.20. The third-order valence-corrected chi connectivity index (χ3v) is 5.35. The number of amides is 2.